The van der Waals surface area contributed by atoms with Crippen LogP contribution in [0.1, 0.15) is 32.8 Å². The molecule has 0 heterocycles. The van der Waals surface area contributed by atoms with Crippen molar-refractivity contribution in [3.05, 3.63) is 29.8 Å². The first kappa shape index (κ1) is 17.0. The van der Waals surface area contributed by atoms with Crippen LogP contribution in [0.25, 0.3) is 0 Å². The molecule has 1 atom stereocenters. The summed E-state index contributed by atoms with van der Waals surface area (Å²) in [4.78, 5) is 24.5. The van der Waals surface area contributed by atoms with Gasteiger partial charge in [-0.15, -0.1) is 0 Å². The fourth-order valence-electron chi connectivity index (χ4n) is 2.01. The Kier molecular flexibility index (Phi) is 6.72. The summed E-state index contributed by atoms with van der Waals surface area (Å²) in [5, 5.41) is 11.7. The molecule has 116 valence electrons. The molecule has 5 heteroatoms. The number of anilines is 1. The maximum absolute atomic E-state index is 12.1. The number of aliphatic carboxylic acids is 1. The second-order valence-electron chi connectivity index (χ2n) is 5.15. The van der Waals surface area contributed by atoms with Gasteiger partial charge in [-0.25, -0.2) is 4.79 Å². The molecule has 21 heavy (non-hydrogen) atoms. The number of nitrogens with one attached hydrogen (secondary N) is 1. The van der Waals surface area contributed by atoms with Gasteiger partial charge in [0.1, 0.15) is 0 Å². The lowest BCUT2D eigenvalue weighted by Crippen LogP contribution is -2.39. The number of carbonyl (C=O) groups excluding carboxylic acids is 1. The molecule has 0 aliphatic carbocycles. The van der Waals surface area contributed by atoms with Gasteiger partial charge in [-0.2, -0.15) is 0 Å². The van der Waals surface area contributed by atoms with Crippen molar-refractivity contribution in [2.45, 2.75) is 33.6 Å². The molecule has 0 bridgehead atoms. The Labute approximate surface area is 126 Å². The summed E-state index contributed by atoms with van der Waals surface area (Å²) in [6.07, 6.45) is 2.10. The van der Waals surface area contributed by atoms with Crippen LogP contribution in [0, 0.1) is 5.92 Å². The van der Waals surface area contributed by atoms with Crippen LogP contribution in [0.3, 0.4) is 0 Å². The van der Waals surface area contributed by atoms with E-state index in [0.717, 1.165) is 18.5 Å². The average molecular weight is 292 g/mol. The van der Waals surface area contributed by atoms with E-state index in [9.17, 15) is 9.59 Å². The standard InChI is InChI=1S/C16H24N2O3/c1-4-6-13-7-9-14(10-8-13)17-16(21)18(5-2)11-12(3)15(19)20/h7-10,12H,4-6,11H2,1-3H3,(H,17,21)(H,19,20). The third kappa shape index (κ3) is 5.45. The van der Waals surface area contributed by atoms with Crippen molar-refractivity contribution in [3.8, 4) is 0 Å². The summed E-state index contributed by atoms with van der Waals surface area (Å²) < 4.78 is 0. The largest absolute Gasteiger partial charge is 0.481 e. The van der Waals surface area contributed by atoms with E-state index in [4.69, 9.17) is 5.11 Å². The SMILES string of the molecule is CCCc1ccc(NC(=O)N(CC)CC(C)C(=O)O)cc1. The fourth-order valence-corrected chi connectivity index (χ4v) is 2.01. The van der Waals surface area contributed by atoms with Crippen molar-refractivity contribution in [3.63, 3.8) is 0 Å². The van der Waals surface area contributed by atoms with Gasteiger partial charge in [0.25, 0.3) is 0 Å². The smallest absolute Gasteiger partial charge is 0.321 e. The number of benzene rings is 1. The zero-order valence-corrected chi connectivity index (χ0v) is 12.9. The maximum atomic E-state index is 12.1. The predicted molar refractivity (Wildman–Crippen MR) is 83.5 cm³/mol. The summed E-state index contributed by atoms with van der Waals surface area (Å²) in [6.45, 7) is 6.22. The molecule has 2 amide bonds. The molecule has 0 spiro atoms. The van der Waals surface area contributed by atoms with Crippen LogP contribution in [0.2, 0.25) is 0 Å². The van der Waals surface area contributed by atoms with Gasteiger partial charge in [0, 0.05) is 18.8 Å². The van der Waals surface area contributed by atoms with Crippen LogP contribution in [0.15, 0.2) is 24.3 Å². The molecule has 1 rings (SSSR count). The zero-order valence-electron chi connectivity index (χ0n) is 12.9. The highest BCUT2D eigenvalue weighted by atomic mass is 16.4. The first-order valence-corrected chi connectivity index (χ1v) is 7.35. The number of carboxylic acid groups (broad SMARTS) is 1. The van der Waals surface area contributed by atoms with E-state index in [1.54, 1.807) is 6.92 Å². The second kappa shape index (κ2) is 8.29. The summed E-state index contributed by atoms with van der Waals surface area (Å²) in [5.74, 6) is -1.48. The molecule has 1 aromatic rings. The molecular formula is C16H24N2O3. The number of carboxylic acids is 1. The topological polar surface area (TPSA) is 69.6 Å². The normalized spacial score (nSPS) is 11.8. The first-order chi connectivity index (χ1) is 9.97. The molecule has 1 aromatic carbocycles. The van der Waals surface area contributed by atoms with Crippen LogP contribution in [0.4, 0.5) is 10.5 Å². The molecule has 0 aromatic heterocycles. The molecule has 0 saturated carbocycles. The molecule has 5 nitrogen and oxygen atoms in total. The molecule has 2 N–H and O–H groups in total. The summed E-state index contributed by atoms with van der Waals surface area (Å²) in [5.41, 5.74) is 1.96. The predicted octanol–water partition coefficient (Wildman–Crippen LogP) is 3.21. The van der Waals surface area contributed by atoms with Gasteiger partial charge in [0.15, 0.2) is 0 Å². The van der Waals surface area contributed by atoms with Gasteiger partial charge in [-0.1, -0.05) is 32.4 Å². The van der Waals surface area contributed by atoms with E-state index in [1.165, 1.54) is 10.5 Å². The van der Waals surface area contributed by atoms with E-state index in [1.807, 2.05) is 31.2 Å². The van der Waals surface area contributed by atoms with Gasteiger partial charge >= 0.3 is 12.0 Å². The summed E-state index contributed by atoms with van der Waals surface area (Å²) in [7, 11) is 0. The Morgan fingerprint density at radius 3 is 2.33 bits per heavy atom. The number of hydrogen-bond acceptors (Lipinski definition) is 2. The van der Waals surface area contributed by atoms with Gasteiger partial charge in [0.05, 0.1) is 5.92 Å². The number of urea groups is 1. The summed E-state index contributed by atoms with van der Waals surface area (Å²) >= 11 is 0. The third-order valence-corrected chi connectivity index (χ3v) is 3.33. The first-order valence-electron chi connectivity index (χ1n) is 7.35. The Morgan fingerprint density at radius 2 is 1.86 bits per heavy atom. The lowest BCUT2D eigenvalue weighted by molar-refractivity contribution is -0.141. The minimum Gasteiger partial charge on any atom is -0.481 e. The molecule has 0 fully saturated rings. The number of rotatable bonds is 7. The lowest BCUT2D eigenvalue weighted by Gasteiger charge is -2.23. The van der Waals surface area contributed by atoms with Crippen molar-refractivity contribution >= 4 is 17.7 Å². The summed E-state index contributed by atoms with van der Waals surface area (Å²) in [6, 6.07) is 7.47. The molecular weight excluding hydrogens is 268 g/mol. The van der Waals surface area contributed by atoms with Crippen LogP contribution in [-0.2, 0) is 11.2 Å². The molecule has 0 radical (unpaired) electrons. The minimum atomic E-state index is -0.898. The van der Waals surface area contributed by atoms with Gasteiger partial charge in [-0.3, -0.25) is 4.79 Å². The molecule has 0 aliphatic rings. The number of nitrogens with zero attached hydrogens (tertiary/aromatic N) is 1. The number of hydrogen-bond donors (Lipinski definition) is 2. The van der Waals surface area contributed by atoms with E-state index in [2.05, 4.69) is 12.2 Å². The monoisotopic (exact) mass is 292 g/mol. The number of carbonyl (C=O) groups is 2. The fraction of sp³-hybridized carbons (Fsp3) is 0.500. The number of aryl methyl sites for hydroxylation is 1. The van der Waals surface area contributed by atoms with E-state index in [0.29, 0.717) is 6.54 Å². The zero-order chi connectivity index (χ0) is 15.8. The van der Waals surface area contributed by atoms with Crippen molar-refractivity contribution in [1.82, 2.24) is 4.90 Å². The van der Waals surface area contributed by atoms with Crippen LogP contribution >= 0.6 is 0 Å². The van der Waals surface area contributed by atoms with Crippen LogP contribution < -0.4 is 5.32 Å². The highest BCUT2D eigenvalue weighted by molar-refractivity contribution is 5.89. The van der Waals surface area contributed by atoms with E-state index in [-0.39, 0.29) is 12.6 Å². The Bertz CT molecular complexity index is 471. The van der Waals surface area contributed by atoms with Crippen molar-refractivity contribution in [1.29, 1.82) is 0 Å². The molecule has 0 aliphatic heterocycles. The Hall–Kier alpha value is -2.04. The van der Waals surface area contributed by atoms with E-state index >= 15 is 0 Å². The highest BCUT2D eigenvalue weighted by Crippen LogP contribution is 2.12. The van der Waals surface area contributed by atoms with Crippen LogP contribution in [-0.4, -0.2) is 35.1 Å². The third-order valence-electron chi connectivity index (χ3n) is 3.33. The van der Waals surface area contributed by atoms with Crippen LogP contribution in [0.5, 0.6) is 0 Å². The van der Waals surface area contributed by atoms with Gasteiger partial charge in [0.2, 0.25) is 0 Å². The average Bonchev–Trinajstić information content (AvgIpc) is 2.46. The van der Waals surface area contributed by atoms with Gasteiger partial charge in [-0.05, 0) is 31.0 Å². The van der Waals surface area contributed by atoms with Gasteiger partial charge < -0.3 is 15.3 Å². The molecule has 1 unspecified atom stereocenters. The number of amides is 2. The lowest BCUT2D eigenvalue weighted by atomic mass is 10.1. The van der Waals surface area contributed by atoms with Crippen molar-refractivity contribution < 1.29 is 14.7 Å². The quantitative estimate of drug-likeness (QED) is 0.810. The second-order valence-corrected chi connectivity index (χ2v) is 5.15. The highest BCUT2D eigenvalue weighted by Gasteiger charge is 2.19. The molecule has 0 saturated heterocycles. The maximum Gasteiger partial charge on any atom is 0.321 e. The van der Waals surface area contributed by atoms with E-state index < -0.39 is 11.9 Å². The van der Waals surface area contributed by atoms with Crippen molar-refractivity contribution in [2.24, 2.45) is 5.92 Å². The van der Waals surface area contributed by atoms with Crippen molar-refractivity contribution in [2.75, 3.05) is 18.4 Å². The Morgan fingerprint density at radius 1 is 1.24 bits per heavy atom. The minimum absolute atomic E-state index is 0.200. The Balaban J connectivity index is 2.62.